The van der Waals surface area contributed by atoms with Crippen LogP contribution in [0.2, 0.25) is 0 Å². The number of anilines is 1. The third kappa shape index (κ3) is 5.73. The van der Waals surface area contributed by atoms with Crippen molar-refractivity contribution < 1.29 is 23.4 Å². The standard InChI is InChI=1S/C40H42F2N6O3/c1-2-28-32(41)9-4-24-18-27(49)19-31(33(24)28)29-7-8-30-35(34(29)42)45-38(46-36(30)48-20-25-5-6-26(21-48)44-25)51-23-39(11-12-39)22-47-16-13-40(14-17-47)10-3-15-43-37(40)50/h1,4,7-9,18-19,25-26,44,49H,3,5-6,10-17,20-23H2,(H,43,50). The van der Waals surface area contributed by atoms with E-state index in [0.29, 0.717) is 40.7 Å². The third-order valence-electron chi connectivity index (χ3n) is 12.2. The summed E-state index contributed by atoms with van der Waals surface area (Å²) in [5, 5.41) is 18.8. The Labute approximate surface area is 295 Å². The van der Waals surface area contributed by atoms with E-state index in [-0.39, 0.29) is 50.7 Å². The molecule has 9 nitrogen and oxygen atoms in total. The Hall–Kier alpha value is -4.53. The lowest BCUT2D eigenvalue weighted by Gasteiger charge is -2.43. The number of fused-ring (bicyclic) bond motifs is 4. The fourth-order valence-electron chi connectivity index (χ4n) is 9.15. The van der Waals surface area contributed by atoms with Crippen LogP contribution in [0.5, 0.6) is 11.8 Å². The van der Waals surface area contributed by atoms with Gasteiger partial charge < -0.3 is 30.3 Å². The number of rotatable bonds is 7. The number of carbonyl (C=O) groups excluding carboxylic acids is 1. The quantitative estimate of drug-likeness (QED) is 0.218. The van der Waals surface area contributed by atoms with Crippen LogP contribution >= 0.6 is 0 Å². The lowest BCUT2D eigenvalue weighted by Crippen LogP contribution is -2.52. The molecule has 51 heavy (non-hydrogen) atoms. The number of hydrogen-bond acceptors (Lipinski definition) is 8. The lowest BCUT2D eigenvalue weighted by atomic mass is 9.72. The summed E-state index contributed by atoms with van der Waals surface area (Å²) in [6.45, 7) is 5.33. The zero-order chi connectivity index (χ0) is 34.9. The predicted octanol–water partition coefficient (Wildman–Crippen LogP) is 5.51. The molecule has 5 fully saturated rings. The first-order valence-corrected chi connectivity index (χ1v) is 18.3. The second-order valence-electron chi connectivity index (χ2n) is 15.6. The second kappa shape index (κ2) is 12.3. The third-order valence-corrected chi connectivity index (χ3v) is 12.2. The number of ether oxygens (including phenoxy) is 1. The number of aromatic hydroxyl groups is 1. The Morgan fingerprint density at radius 2 is 1.78 bits per heavy atom. The average molecular weight is 693 g/mol. The number of hydrogen-bond donors (Lipinski definition) is 3. The van der Waals surface area contributed by atoms with Crippen molar-refractivity contribution in [3.05, 3.63) is 53.6 Å². The van der Waals surface area contributed by atoms with Crippen molar-refractivity contribution in [3.8, 4) is 35.2 Å². The highest BCUT2D eigenvalue weighted by molar-refractivity contribution is 6.04. The number of phenols is 1. The fraction of sp³-hybridized carbons (Fsp3) is 0.475. The van der Waals surface area contributed by atoms with E-state index in [0.717, 1.165) is 90.6 Å². The summed E-state index contributed by atoms with van der Waals surface area (Å²) in [5.41, 5.74) is 0.283. The van der Waals surface area contributed by atoms with Gasteiger partial charge in [-0.05, 0) is 99.7 Å². The van der Waals surface area contributed by atoms with Crippen LogP contribution in [0.1, 0.15) is 56.9 Å². The molecule has 2 unspecified atom stereocenters. The zero-order valence-corrected chi connectivity index (χ0v) is 28.6. The number of likely N-dealkylation sites (tertiary alicyclic amines) is 1. The Morgan fingerprint density at radius 3 is 2.51 bits per heavy atom. The van der Waals surface area contributed by atoms with E-state index in [4.69, 9.17) is 21.1 Å². The highest BCUT2D eigenvalue weighted by atomic mass is 19.1. The van der Waals surface area contributed by atoms with Crippen LogP contribution < -0.4 is 20.3 Å². The number of halogens is 2. The van der Waals surface area contributed by atoms with E-state index in [9.17, 15) is 14.3 Å². The number of aromatic nitrogens is 2. The molecule has 5 aliphatic rings. The number of piperidine rings is 2. The van der Waals surface area contributed by atoms with Gasteiger partial charge in [0, 0.05) is 60.0 Å². The molecular weight excluding hydrogens is 650 g/mol. The van der Waals surface area contributed by atoms with Gasteiger partial charge in [0.05, 0.1) is 17.6 Å². The molecule has 1 spiro atoms. The van der Waals surface area contributed by atoms with E-state index >= 15 is 4.39 Å². The van der Waals surface area contributed by atoms with Gasteiger partial charge in [-0.1, -0.05) is 18.1 Å². The molecule has 1 aliphatic carbocycles. The van der Waals surface area contributed by atoms with Crippen molar-refractivity contribution in [2.24, 2.45) is 10.8 Å². The number of piperazine rings is 1. The van der Waals surface area contributed by atoms with E-state index in [2.05, 4.69) is 26.4 Å². The minimum Gasteiger partial charge on any atom is -0.508 e. The molecule has 4 aliphatic heterocycles. The number of terminal acetylenes is 1. The molecule has 2 atom stereocenters. The molecule has 1 amide bonds. The molecule has 4 aromatic rings. The molecule has 4 saturated heterocycles. The van der Waals surface area contributed by atoms with Crippen molar-refractivity contribution in [2.45, 2.75) is 63.5 Å². The summed E-state index contributed by atoms with van der Waals surface area (Å²) >= 11 is 0. The Kier molecular flexibility index (Phi) is 7.82. The van der Waals surface area contributed by atoms with Crippen molar-refractivity contribution in [1.29, 1.82) is 0 Å². The van der Waals surface area contributed by atoms with E-state index in [1.165, 1.54) is 24.3 Å². The van der Waals surface area contributed by atoms with Crippen LogP contribution in [-0.2, 0) is 4.79 Å². The predicted molar refractivity (Wildman–Crippen MR) is 192 cm³/mol. The molecule has 2 bridgehead atoms. The zero-order valence-electron chi connectivity index (χ0n) is 28.6. The highest BCUT2D eigenvalue weighted by Crippen LogP contribution is 2.48. The molecule has 3 N–H and O–H groups in total. The minimum atomic E-state index is -0.617. The second-order valence-corrected chi connectivity index (χ2v) is 15.6. The molecule has 11 heteroatoms. The number of amides is 1. The summed E-state index contributed by atoms with van der Waals surface area (Å²) in [7, 11) is 0. The summed E-state index contributed by atoms with van der Waals surface area (Å²) in [6, 6.07) is 9.92. The van der Waals surface area contributed by atoms with Gasteiger partial charge in [-0.15, -0.1) is 6.42 Å². The van der Waals surface area contributed by atoms with Crippen LogP contribution in [0.25, 0.3) is 32.8 Å². The molecule has 5 heterocycles. The largest absolute Gasteiger partial charge is 0.508 e. The smallest absolute Gasteiger partial charge is 0.319 e. The minimum absolute atomic E-state index is 0.00583. The first-order valence-electron chi connectivity index (χ1n) is 18.3. The number of benzene rings is 3. The summed E-state index contributed by atoms with van der Waals surface area (Å²) in [6.07, 6.45) is 13.7. The van der Waals surface area contributed by atoms with Gasteiger partial charge in [-0.25, -0.2) is 8.78 Å². The molecule has 0 radical (unpaired) electrons. The van der Waals surface area contributed by atoms with Gasteiger partial charge in [0.2, 0.25) is 5.91 Å². The molecule has 1 aromatic heterocycles. The normalized spacial score (nSPS) is 23.8. The first kappa shape index (κ1) is 32.4. The van der Waals surface area contributed by atoms with Gasteiger partial charge in [0.25, 0.3) is 0 Å². The maximum Gasteiger partial charge on any atom is 0.319 e. The SMILES string of the molecule is C#Cc1c(F)ccc2cc(O)cc(-c3ccc4c(N5CC6CCC(C5)N6)nc(OCC5(CN6CCC7(CCCNC7=O)CC6)CC5)nc4c3F)c12. The van der Waals surface area contributed by atoms with Crippen LogP contribution in [0.3, 0.4) is 0 Å². The number of carbonyl (C=O) groups is 1. The van der Waals surface area contributed by atoms with E-state index in [1.807, 2.05) is 0 Å². The maximum absolute atomic E-state index is 17.0. The van der Waals surface area contributed by atoms with Crippen molar-refractivity contribution in [1.82, 2.24) is 25.5 Å². The molecule has 9 rings (SSSR count). The van der Waals surface area contributed by atoms with Crippen LogP contribution in [0.4, 0.5) is 14.6 Å². The monoisotopic (exact) mass is 692 g/mol. The maximum atomic E-state index is 17.0. The van der Waals surface area contributed by atoms with E-state index < -0.39 is 11.6 Å². The van der Waals surface area contributed by atoms with Crippen LogP contribution in [-0.4, -0.2) is 83.8 Å². The van der Waals surface area contributed by atoms with Crippen molar-refractivity contribution in [2.75, 3.05) is 50.8 Å². The van der Waals surface area contributed by atoms with Gasteiger partial charge >= 0.3 is 6.01 Å². The van der Waals surface area contributed by atoms with Crippen molar-refractivity contribution in [3.63, 3.8) is 0 Å². The number of nitrogens with one attached hydrogen (secondary N) is 2. The van der Waals surface area contributed by atoms with Crippen molar-refractivity contribution >= 4 is 33.4 Å². The van der Waals surface area contributed by atoms with Gasteiger partial charge in [0.1, 0.15) is 22.9 Å². The van der Waals surface area contributed by atoms with Gasteiger partial charge in [-0.2, -0.15) is 9.97 Å². The Morgan fingerprint density at radius 1 is 1.00 bits per heavy atom. The Bertz CT molecular complexity index is 2090. The van der Waals surface area contributed by atoms with Crippen LogP contribution in [0, 0.1) is 34.8 Å². The molecular formula is C40H42F2N6O3. The summed E-state index contributed by atoms with van der Waals surface area (Å²) in [5.74, 6) is 1.98. The number of nitrogens with zero attached hydrogens (tertiary/aromatic N) is 4. The summed E-state index contributed by atoms with van der Waals surface area (Å²) in [4.78, 5) is 27.0. The van der Waals surface area contributed by atoms with Gasteiger partial charge in [-0.3, -0.25) is 4.79 Å². The Balaban J connectivity index is 1.05. The molecule has 1 saturated carbocycles. The average Bonchev–Trinajstić information content (AvgIpc) is 3.82. The molecule has 264 valence electrons. The summed E-state index contributed by atoms with van der Waals surface area (Å²) < 4.78 is 38.3. The van der Waals surface area contributed by atoms with E-state index in [1.54, 1.807) is 12.1 Å². The number of phenolic OH excluding ortho intramolecular Hbond substituents is 1. The lowest BCUT2D eigenvalue weighted by molar-refractivity contribution is -0.136. The fourth-order valence-corrected chi connectivity index (χ4v) is 9.15. The topological polar surface area (TPSA) is 103 Å². The highest BCUT2D eigenvalue weighted by Gasteiger charge is 2.48. The first-order chi connectivity index (χ1) is 24.7. The molecule has 3 aromatic carbocycles. The van der Waals surface area contributed by atoms with Gasteiger partial charge in [0.15, 0.2) is 5.82 Å². The van der Waals surface area contributed by atoms with Crippen LogP contribution in [0.15, 0.2) is 36.4 Å².